The van der Waals surface area contributed by atoms with Crippen LogP contribution in [0.2, 0.25) is 5.02 Å². The molecule has 0 aliphatic carbocycles. The van der Waals surface area contributed by atoms with Gasteiger partial charge < -0.3 is 15.0 Å². The van der Waals surface area contributed by atoms with Crippen LogP contribution in [0.5, 0.6) is 0 Å². The second-order valence-corrected chi connectivity index (χ2v) is 5.62. The monoisotopic (exact) mass is 282 g/mol. The van der Waals surface area contributed by atoms with E-state index in [1.807, 2.05) is 25.2 Å². The Bertz CT molecular complexity index is 393. The fourth-order valence-corrected chi connectivity index (χ4v) is 2.78. The fraction of sp³-hybridized carbons (Fsp3) is 0.600. The molecule has 19 heavy (non-hydrogen) atoms. The van der Waals surface area contributed by atoms with Crippen molar-refractivity contribution < 1.29 is 4.74 Å². The van der Waals surface area contributed by atoms with Crippen molar-refractivity contribution in [3.05, 3.63) is 34.9 Å². The average Bonchev–Trinajstić information content (AvgIpc) is 2.93. The van der Waals surface area contributed by atoms with Crippen molar-refractivity contribution in [3.8, 4) is 0 Å². The summed E-state index contributed by atoms with van der Waals surface area (Å²) < 4.78 is 5.44. The Balaban J connectivity index is 1.88. The van der Waals surface area contributed by atoms with Crippen LogP contribution in [0.4, 0.5) is 0 Å². The lowest BCUT2D eigenvalue weighted by molar-refractivity contribution is 0.157. The summed E-state index contributed by atoms with van der Waals surface area (Å²) in [7, 11) is 4.19. The molecule has 2 unspecified atom stereocenters. The molecular formula is C15H23ClN2O. The van der Waals surface area contributed by atoms with Gasteiger partial charge in [0.1, 0.15) is 0 Å². The van der Waals surface area contributed by atoms with E-state index in [-0.39, 0.29) is 0 Å². The van der Waals surface area contributed by atoms with Crippen molar-refractivity contribution in [1.82, 2.24) is 10.2 Å². The van der Waals surface area contributed by atoms with Crippen LogP contribution in [-0.2, 0) is 4.74 Å². The van der Waals surface area contributed by atoms with Crippen molar-refractivity contribution >= 4 is 11.6 Å². The number of rotatable bonds is 6. The van der Waals surface area contributed by atoms with E-state index >= 15 is 0 Å². The Morgan fingerprint density at radius 1 is 1.53 bits per heavy atom. The molecule has 106 valence electrons. The van der Waals surface area contributed by atoms with Crippen LogP contribution in [0.15, 0.2) is 24.3 Å². The molecule has 0 aromatic heterocycles. The fourth-order valence-electron chi connectivity index (χ4n) is 2.59. The third-order valence-electron chi connectivity index (χ3n) is 3.90. The van der Waals surface area contributed by atoms with Crippen LogP contribution in [-0.4, -0.2) is 44.8 Å². The SMILES string of the molecule is CNC(CCN(C)C1CCOC1)c1cccc(Cl)c1. The first-order valence-electron chi connectivity index (χ1n) is 6.91. The standard InChI is InChI=1S/C15H23ClN2O/c1-17-15(12-4-3-5-13(16)10-12)6-8-18(2)14-7-9-19-11-14/h3-5,10,14-15,17H,6-9,11H2,1-2H3. The number of ether oxygens (including phenoxy) is 1. The summed E-state index contributed by atoms with van der Waals surface area (Å²) in [6, 6.07) is 9.03. The highest BCUT2D eigenvalue weighted by Crippen LogP contribution is 2.21. The maximum absolute atomic E-state index is 6.06. The summed E-state index contributed by atoms with van der Waals surface area (Å²) in [6.07, 6.45) is 2.22. The van der Waals surface area contributed by atoms with E-state index in [1.165, 1.54) is 5.56 Å². The van der Waals surface area contributed by atoms with Crippen molar-refractivity contribution in [3.63, 3.8) is 0 Å². The number of halogens is 1. The highest BCUT2D eigenvalue weighted by atomic mass is 35.5. The minimum Gasteiger partial charge on any atom is -0.380 e. The topological polar surface area (TPSA) is 24.5 Å². The molecule has 4 heteroatoms. The smallest absolute Gasteiger partial charge is 0.0622 e. The van der Waals surface area contributed by atoms with Crippen LogP contribution >= 0.6 is 11.6 Å². The highest BCUT2D eigenvalue weighted by Gasteiger charge is 2.21. The predicted molar refractivity (Wildman–Crippen MR) is 79.7 cm³/mol. The van der Waals surface area contributed by atoms with E-state index in [4.69, 9.17) is 16.3 Å². The summed E-state index contributed by atoms with van der Waals surface area (Å²) in [5.41, 5.74) is 1.26. The molecule has 1 fully saturated rings. The minimum atomic E-state index is 0.350. The van der Waals surface area contributed by atoms with Gasteiger partial charge in [0.05, 0.1) is 6.61 Å². The normalized spacial score (nSPS) is 20.9. The third kappa shape index (κ3) is 4.18. The number of nitrogens with zero attached hydrogens (tertiary/aromatic N) is 1. The summed E-state index contributed by atoms with van der Waals surface area (Å²) in [5, 5.41) is 4.18. The Morgan fingerprint density at radius 2 is 2.37 bits per heavy atom. The van der Waals surface area contributed by atoms with Gasteiger partial charge in [-0.2, -0.15) is 0 Å². The predicted octanol–water partition coefficient (Wildman–Crippen LogP) is 2.71. The lowest BCUT2D eigenvalue weighted by atomic mass is 10.0. The minimum absolute atomic E-state index is 0.350. The van der Waals surface area contributed by atoms with E-state index < -0.39 is 0 Å². The van der Waals surface area contributed by atoms with Crippen LogP contribution in [0.1, 0.15) is 24.4 Å². The van der Waals surface area contributed by atoms with E-state index in [0.29, 0.717) is 12.1 Å². The van der Waals surface area contributed by atoms with Crippen molar-refractivity contribution in [2.24, 2.45) is 0 Å². The molecule has 1 aromatic rings. The number of nitrogens with one attached hydrogen (secondary N) is 1. The summed E-state index contributed by atoms with van der Waals surface area (Å²) in [4.78, 5) is 2.40. The van der Waals surface area contributed by atoms with Gasteiger partial charge in [-0.15, -0.1) is 0 Å². The van der Waals surface area contributed by atoms with Crippen molar-refractivity contribution in [1.29, 1.82) is 0 Å². The van der Waals surface area contributed by atoms with Gasteiger partial charge in [0.2, 0.25) is 0 Å². The van der Waals surface area contributed by atoms with Gasteiger partial charge in [-0.05, 0) is 44.6 Å². The number of benzene rings is 1. The zero-order valence-electron chi connectivity index (χ0n) is 11.7. The molecule has 0 amide bonds. The quantitative estimate of drug-likeness (QED) is 0.868. The van der Waals surface area contributed by atoms with Crippen LogP contribution in [0.3, 0.4) is 0 Å². The lowest BCUT2D eigenvalue weighted by Gasteiger charge is -2.25. The van der Waals surface area contributed by atoms with Crippen molar-refractivity contribution in [2.45, 2.75) is 24.9 Å². The van der Waals surface area contributed by atoms with Gasteiger partial charge in [0, 0.05) is 30.3 Å². The Morgan fingerprint density at radius 3 is 3.00 bits per heavy atom. The highest BCUT2D eigenvalue weighted by molar-refractivity contribution is 6.30. The molecule has 0 bridgehead atoms. The van der Waals surface area contributed by atoms with E-state index in [9.17, 15) is 0 Å². The molecule has 0 radical (unpaired) electrons. The Labute approximate surface area is 120 Å². The van der Waals surface area contributed by atoms with Gasteiger partial charge in [0.15, 0.2) is 0 Å². The maximum atomic E-state index is 6.06. The molecule has 1 heterocycles. The molecule has 1 aliphatic rings. The first-order valence-corrected chi connectivity index (χ1v) is 7.29. The van der Waals surface area contributed by atoms with Gasteiger partial charge in [-0.3, -0.25) is 0 Å². The molecule has 1 N–H and O–H groups in total. The molecule has 3 nitrogen and oxygen atoms in total. The Hall–Kier alpha value is -0.610. The summed E-state index contributed by atoms with van der Waals surface area (Å²) >= 11 is 6.06. The molecule has 0 spiro atoms. The van der Waals surface area contributed by atoms with Gasteiger partial charge in [0.25, 0.3) is 0 Å². The van der Waals surface area contributed by atoms with E-state index in [2.05, 4.69) is 23.3 Å². The number of hydrogen-bond acceptors (Lipinski definition) is 3. The molecule has 0 saturated carbocycles. The lowest BCUT2D eigenvalue weighted by Crippen LogP contribution is -2.34. The van der Waals surface area contributed by atoms with Crippen LogP contribution in [0.25, 0.3) is 0 Å². The molecule has 1 aromatic carbocycles. The summed E-state index contributed by atoms with van der Waals surface area (Å²) in [6.45, 7) is 2.84. The Kier molecular flexibility index (Phi) is 5.64. The average molecular weight is 283 g/mol. The van der Waals surface area contributed by atoms with Gasteiger partial charge in [-0.1, -0.05) is 23.7 Å². The van der Waals surface area contributed by atoms with Crippen LogP contribution in [0, 0.1) is 0 Å². The van der Waals surface area contributed by atoms with E-state index in [0.717, 1.165) is 37.6 Å². The zero-order valence-corrected chi connectivity index (χ0v) is 12.5. The zero-order chi connectivity index (χ0) is 13.7. The maximum Gasteiger partial charge on any atom is 0.0622 e. The number of likely N-dealkylation sites (N-methyl/N-ethyl adjacent to an activating group) is 1. The van der Waals surface area contributed by atoms with Gasteiger partial charge >= 0.3 is 0 Å². The molecule has 1 aliphatic heterocycles. The second kappa shape index (κ2) is 7.25. The largest absolute Gasteiger partial charge is 0.380 e. The summed E-state index contributed by atoms with van der Waals surface area (Å²) in [5.74, 6) is 0. The first kappa shape index (κ1) is 14.8. The molecule has 1 saturated heterocycles. The van der Waals surface area contributed by atoms with Gasteiger partial charge in [-0.25, -0.2) is 0 Å². The molecule has 2 rings (SSSR count). The van der Waals surface area contributed by atoms with Crippen molar-refractivity contribution in [2.75, 3.05) is 33.9 Å². The van der Waals surface area contributed by atoms with Crippen LogP contribution < -0.4 is 5.32 Å². The number of hydrogen-bond donors (Lipinski definition) is 1. The van der Waals surface area contributed by atoms with E-state index in [1.54, 1.807) is 0 Å². The third-order valence-corrected chi connectivity index (χ3v) is 4.13. The molecule has 2 atom stereocenters. The second-order valence-electron chi connectivity index (χ2n) is 5.18. The first-order chi connectivity index (χ1) is 9.20. The molecular weight excluding hydrogens is 260 g/mol.